The molecule has 1 saturated carbocycles. The average molecular weight is 399 g/mol. The van der Waals surface area contributed by atoms with Crippen molar-refractivity contribution >= 4 is 18.0 Å². The Morgan fingerprint density at radius 1 is 1.26 bits per heavy atom. The van der Waals surface area contributed by atoms with Crippen molar-refractivity contribution in [1.29, 1.82) is 0 Å². The number of carbonyl (C=O) groups is 1. The van der Waals surface area contributed by atoms with E-state index in [4.69, 9.17) is 9.57 Å². The molecule has 0 heterocycles. The van der Waals surface area contributed by atoms with Crippen molar-refractivity contribution in [3.05, 3.63) is 18.2 Å². The van der Waals surface area contributed by atoms with Crippen LogP contribution in [-0.4, -0.2) is 45.6 Å². The quantitative estimate of drug-likeness (QED) is 0.262. The summed E-state index contributed by atoms with van der Waals surface area (Å²) in [6, 6.07) is 4.68. The van der Waals surface area contributed by atoms with Gasteiger partial charge in [0.25, 0.3) is 0 Å². The lowest BCUT2D eigenvalue weighted by Gasteiger charge is -2.24. The second-order valence-corrected chi connectivity index (χ2v) is 8.65. The first-order valence-corrected chi connectivity index (χ1v) is 10.1. The van der Waals surface area contributed by atoms with Crippen molar-refractivity contribution in [2.24, 2.45) is 0 Å². The van der Waals surface area contributed by atoms with Gasteiger partial charge in [0.1, 0.15) is 5.60 Å². The predicted molar refractivity (Wildman–Crippen MR) is 105 cm³/mol. The van der Waals surface area contributed by atoms with Crippen molar-refractivity contribution in [3.63, 3.8) is 0 Å². The van der Waals surface area contributed by atoms with E-state index < -0.39 is 11.7 Å². The second-order valence-electron chi connectivity index (χ2n) is 7.59. The van der Waals surface area contributed by atoms with Crippen LogP contribution in [0.3, 0.4) is 0 Å². The van der Waals surface area contributed by atoms with Gasteiger partial charge in [0, 0.05) is 18.0 Å². The summed E-state index contributed by atoms with van der Waals surface area (Å²) in [6.07, 6.45) is 4.86. The van der Waals surface area contributed by atoms with Gasteiger partial charge in [0.2, 0.25) is 0 Å². The molecule has 0 radical (unpaired) electrons. The number of hydroxylamine groups is 1. The van der Waals surface area contributed by atoms with E-state index >= 15 is 0 Å². The number of amides is 1. The molecule has 7 nitrogen and oxygen atoms in total. The number of alkyl carbamates (subject to hydrolysis) is 1. The maximum absolute atomic E-state index is 11.7. The van der Waals surface area contributed by atoms with E-state index in [-0.39, 0.29) is 17.6 Å². The molecule has 1 amide bonds. The van der Waals surface area contributed by atoms with Gasteiger partial charge in [-0.25, -0.2) is 4.79 Å². The van der Waals surface area contributed by atoms with E-state index in [2.05, 4.69) is 5.32 Å². The van der Waals surface area contributed by atoms with E-state index in [0.29, 0.717) is 19.5 Å². The number of rotatable bonds is 8. The fraction of sp³-hybridized carbons (Fsp3) is 0.632. The first-order valence-electron chi connectivity index (χ1n) is 9.34. The molecule has 1 fully saturated rings. The largest absolute Gasteiger partial charge is 0.504 e. The highest BCUT2D eigenvalue weighted by Crippen LogP contribution is 2.33. The third-order valence-electron chi connectivity index (χ3n) is 3.91. The Morgan fingerprint density at radius 3 is 2.59 bits per heavy atom. The zero-order valence-corrected chi connectivity index (χ0v) is 17.1. The number of phenols is 2. The highest BCUT2D eigenvalue weighted by atomic mass is 32.2. The molecule has 0 unspecified atom stereocenters. The smallest absolute Gasteiger partial charge is 0.407 e. The summed E-state index contributed by atoms with van der Waals surface area (Å²) in [5, 5.41) is 21.9. The molecule has 0 bridgehead atoms. The van der Waals surface area contributed by atoms with Crippen LogP contribution >= 0.6 is 11.9 Å². The van der Waals surface area contributed by atoms with E-state index in [9.17, 15) is 15.0 Å². The number of ether oxygens (including phenoxy) is 1. The summed E-state index contributed by atoms with van der Waals surface area (Å²) >= 11 is 1.36. The maximum atomic E-state index is 11.7. The SMILES string of the molecule is CC(C)(C)OC(=O)NCCCN(OC1CCCC1)Sc1ccc(O)c(O)c1. The van der Waals surface area contributed by atoms with Crippen LogP contribution in [0, 0.1) is 0 Å². The number of phenolic OH excluding ortho intramolecular Hbond substituents is 2. The Hall–Kier alpha value is -1.64. The molecule has 1 aliphatic carbocycles. The molecule has 2 rings (SSSR count). The monoisotopic (exact) mass is 398 g/mol. The van der Waals surface area contributed by atoms with E-state index in [1.165, 1.54) is 36.9 Å². The molecule has 0 spiro atoms. The summed E-state index contributed by atoms with van der Waals surface area (Å²) in [7, 11) is 0. The van der Waals surface area contributed by atoms with Gasteiger partial charge in [0.05, 0.1) is 6.10 Å². The molecule has 1 aromatic rings. The zero-order valence-electron chi connectivity index (χ0n) is 16.2. The molecule has 0 atom stereocenters. The van der Waals surface area contributed by atoms with Crippen molar-refractivity contribution in [3.8, 4) is 11.5 Å². The number of hydrogen-bond acceptors (Lipinski definition) is 7. The second kappa shape index (κ2) is 10.1. The van der Waals surface area contributed by atoms with Gasteiger partial charge >= 0.3 is 6.09 Å². The van der Waals surface area contributed by atoms with Gasteiger partial charge < -0.3 is 20.3 Å². The number of nitrogens with zero attached hydrogens (tertiary/aromatic N) is 1. The van der Waals surface area contributed by atoms with Crippen LogP contribution in [0.2, 0.25) is 0 Å². The molecule has 1 aromatic carbocycles. The van der Waals surface area contributed by atoms with Gasteiger partial charge in [-0.05, 0) is 70.2 Å². The molecular formula is C19H30N2O5S. The van der Waals surface area contributed by atoms with Gasteiger partial charge in [-0.2, -0.15) is 0 Å². The Bertz CT molecular complexity index is 615. The Kier molecular flexibility index (Phi) is 8.07. The molecule has 8 heteroatoms. The minimum Gasteiger partial charge on any atom is -0.504 e. The first kappa shape index (κ1) is 21.7. The Balaban J connectivity index is 1.84. The Labute approximate surface area is 165 Å². The third-order valence-corrected chi connectivity index (χ3v) is 4.85. The zero-order chi connectivity index (χ0) is 19.9. The summed E-state index contributed by atoms with van der Waals surface area (Å²) in [5.41, 5.74) is -0.515. The minimum atomic E-state index is -0.515. The summed E-state index contributed by atoms with van der Waals surface area (Å²) in [5.74, 6) is -0.309. The van der Waals surface area contributed by atoms with E-state index in [0.717, 1.165) is 17.7 Å². The van der Waals surface area contributed by atoms with Gasteiger partial charge in [-0.3, -0.25) is 4.84 Å². The number of benzene rings is 1. The number of nitrogens with one attached hydrogen (secondary N) is 1. The van der Waals surface area contributed by atoms with Crippen molar-refractivity contribution in [2.45, 2.75) is 69.5 Å². The molecule has 0 saturated heterocycles. The maximum Gasteiger partial charge on any atom is 0.407 e. The summed E-state index contributed by atoms with van der Waals surface area (Å²) < 4.78 is 7.01. The van der Waals surface area contributed by atoms with Crippen LogP contribution in [0.1, 0.15) is 52.9 Å². The molecule has 152 valence electrons. The van der Waals surface area contributed by atoms with Crippen LogP contribution in [0.15, 0.2) is 23.1 Å². The summed E-state index contributed by atoms with van der Waals surface area (Å²) in [4.78, 5) is 18.6. The molecular weight excluding hydrogens is 368 g/mol. The van der Waals surface area contributed by atoms with E-state index in [1.54, 1.807) is 10.5 Å². The topological polar surface area (TPSA) is 91.3 Å². The van der Waals surface area contributed by atoms with Crippen molar-refractivity contribution in [2.75, 3.05) is 13.1 Å². The third kappa shape index (κ3) is 8.28. The number of carbonyl (C=O) groups excluding carboxylic acids is 1. The molecule has 1 aliphatic rings. The first-order chi connectivity index (χ1) is 12.7. The standard InChI is InChI=1S/C19H30N2O5S/c1-19(2,3)25-18(24)20-11-6-12-21(26-14-7-4-5-8-14)27-15-9-10-16(22)17(23)13-15/h9-10,13-14,22-23H,4-8,11-12H2,1-3H3,(H,20,24). The Morgan fingerprint density at radius 2 is 1.96 bits per heavy atom. The normalized spacial score (nSPS) is 15.3. The lowest BCUT2D eigenvalue weighted by Crippen LogP contribution is -2.34. The fourth-order valence-electron chi connectivity index (χ4n) is 2.67. The highest BCUT2D eigenvalue weighted by Gasteiger charge is 2.21. The van der Waals surface area contributed by atoms with Gasteiger partial charge in [-0.15, -0.1) is 4.47 Å². The van der Waals surface area contributed by atoms with Gasteiger partial charge in [0.15, 0.2) is 11.5 Å². The lowest BCUT2D eigenvalue weighted by atomic mass is 10.2. The highest BCUT2D eigenvalue weighted by molar-refractivity contribution is 7.96. The van der Waals surface area contributed by atoms with Gasteiger partial charge in [-0.1, -0.05) is 12.8 Å². The van der Waals surface area contributed by atoms with E-state index in [1.807, 2.05) is 20.8 Å². The van der Waals surface area contributed by atoms with Crippen LogP contribution < -0.4 is 5.32 Å². The van der Waals surface area contributed by atoms with Crippen LogP contribution in [0.4, 0.5) is 4.79 Å². The predicted octanol–water partition coefficient (Wildman–Crippen LogP) is 4.20. The molecule has 27 heavy (non-hydrogen) atoms. The fourth-order valence-corrected chi connectivity index (χ4v) is 3.58. The summed E-state index contributed by atoms with van der Waals surface area (Å²) in [6.45, 7) is 6.55. The number of hydrogen-bond donors (Lipinski definition) is 3. The minimum absolute atomic E-state index is 0.149. The van der Waals surface area contributed by atoms with Crippen LogP contribution in [0.25, 0.3) is 0 Å². The van der Waals surface area contributed by atoms with Crippen LogP contribution in [-0.2, 0) is 9.57 Å². The molecule has 0 aliphatic heterocycles. The van der Waals surface area contributed by atoms with Crippen molar-refractivity contribution in [1.82, 2.24) is 9.79 Å². The molecule has 0 aromatic heterocycles. The molecule has 3 N–H and O–H groups in total. The average Bonchev–Trinajstić information content (AvgIpc) is 3.06. The van der Waals surface area contributed by atoms with Crippen molar-refractivity contribution < 1.29 is 24.6 Å². The van der Waals surface area contributed by atoms with Crippen LogP contribution in [0.5, 0.6) is 11.5 Å². The lowest BCUT2D eigenvalue weighted by molar-refractivity contribution is -0.122. The number of aromatic hydroxyl groups is 2.